The van der Waals surface area contributed by atoms with Crippen molar-refractivity contribution >= 4 is 23.9 Å². The van der Waals surface area contributed by atoms with Gasteiger partial charge in [0.1, 0.15) is 75.3 Å². The molecule has 0 aromatic rings. The quantitative estimate of drug-likeness (QED) is 0.0287. The number of hydrogen-bond acceptors (Lipinski definition) is 18. The van der Waals surface area contributed by atoms with E-state index in [0.29, 0.717) is 0 Å². The van der Waals surface area contributed by atoms with Crippen LogP contribution >= 0.6 is 0 Å². The summed E-state index contributed by atoms with van der Waals surface area (Å²) in [4.78, 5) is 46.9. The molecule has 0 saturated carbocycles. The molecule has 0 fully saturated rings. The van der Waals surface area contributed by atoms with Crippen molar-refractivity contribution in [2.45, 2.75) is 76.5 Å². The van der Waals surface area contributed by atoms with Crippen LogP contribution in [0.3, 0.4) is 0 Å². The van der Waals surface area contributed by atoms with E-state index >= 15 is 0 Å². The summed E-state index contributed by atoms with van der Waals surface area (Å²) in [6, 6.07) is 0. The third-order valence-corrected chi connectivity index (χ3v) is 6.36. The molecule has 6 N–H and O–H groups in total. The molecule has 8 atom stereocenters. The SMILES string of the molecule is C=C(C)C(=O)OCC(O)COCC(OCC(O)COC(=O)C(=C)C)C(OCC(O)COC(=O)C(=C)C)C(O)C(CO)OCC(O)COC(=O)C(=C)C. The molecule has 0 aromatic carbocycles. The Morgan fingerprint density at radius 2 is 0.769 bits per heavy atom. The number of carbonyl (C=O) groups is 4. The van der Waals surface area contributed by atoms with E-state index in [-0.39, 0.29) is 22.3 Å². The fraction of sp³-hybridized carbons (Fsp3) is 0.647. The monoisotopic (exact) mass is 750 g/mol. The number of hydrogen-bond donors (Lipinski definition) is 6. The highest BCUT2D eigenvalue weighted by Crippen LogP contribution is 2.18. The van der Waals surface area contributed by atoms with Gasteiger partial charge in [-0.15, -0.1) is 0 Å². The second-order valence-corrected chi connectivity index (χ2v) is 11.9. The highest BCUT2D eigenvalue weighted by Gasteiger charge is 2.37. The summed E-state index contributed by atoms with van der Waals surface area (Å²) in [5.41, 5.74) is 0.322. The molecule has 0 rings (SSSR count). The van der Waals surface area contributed by atoms with Crippen molar-refractivity contribution in [2.75, 3.05) is 66.1 Å². The van der Waals surface area contributed by atoms with Gasteiger partial charge >= 0.3 is 23.9 Å². The Hall–Kier alpha value is -3.56. The second-order valence-electron chi connectivity index (χ2n) is 11.9. The van der Waals surface area contributed by atoms with Gasteiger partial charge in [0, 0.05) is 22.3 Å². The molecule has 0 radical (unpaired) electrons. The summed E-state index contributed by atoms with van der Waals surface area (Å²) in [5.74, 6) is -3.09. The number of aliphatic hydroxyl groups is 6. The molecule has 0 aliphatic heterocycles. The standard InChI is InChI=1S/C34H54O18/c1-19(2)31(41)49-14-23(36)10-45-18-28(47-12-25(38)16-51-33(43)21(5)6)30(48-13-26(39)17-52-34(44)22(7)8)29(40)27(9-35)46-11-24(37)15-50-32(42)20(3)4/h23-30,35-40H,1,3,5,7,9-18H2,2,4,6,8H3. The Labute approximate surface area is 302 Å². The normalized spacial score (nSPS) is 15.8. The molecule has 0 aliphatic rings. The third kappa shape index (κ3) is 21.1. The second kappa shape index (κ2) is 26.2. The summed E-state index contributed by atoms with van der Waals surface area (Å²) in [5, 5.41) is 62.9. The van der Waals surface area contributed by atoms with Crippen molar-refractivity contribution < 1.29 is 87.7 Å². The van der Waals surface area contributed by atoms with Gasteiger partial charge in [0.25, 0.3) is 0 Å². The van der Waals surface area contributed by atoms with Gasteiger partial charge in [0.15, 0.2) is 0 Å². The molecule has 0 bridgehead atoms. The molecule has 0 saturated heterocycles. The van der Waals surface area contributed by atoms with E-state index in [4.69, 9.17) is 37.9 Å². The average Bonchev–Trinajstić information content (AvgIpc) is 3.08. The maximum atomic E-state index is 11.8. The van der Waals surface area contributed by atoms with Crippen LogP contribution in [-0.4, -0.2) is 169 Å². The zero-order chi connectivity index (χ0) is 40.0. The van der Waals surface area contributed by atoms with Crippen LogP contribution in [0.5, 0.6) is 0 Å². The first-order chi connectivity index (χ1) is 24.3. The molecule has 298 valence electrons. The maximum absolute atomic E-state index is 11.8. The summed E-state index contributed by atoms with van der Waals surface area (Å²) < 4.78 is 42.2. The predicted octanol–water partition coefficient (Wildman–Crippen LogP) is -1.57. The van der Waals surface area contributed by atoms with E-state index in [9.17, 15) is 49.8 Å². The average molecular weight is 751 g/mol. The largest absolute Gasteiger partial charge is 0.460 e. The Kier molecular flexibility index (Phi) is 24.4. The molecular weight excluding hydrogens is 696 g/mol. The van der Waals surface area contributed by atoms with Crippen LogP contribution in [0, 0.1) is 0 Å². The molecule has 0 amide bonds. The zero-order valence-corrected chi connectivity index (χ0v) is 30.1. The van der Waals surface area contributed by atoms with Gasteiger partial charge in [-0.05, 0) is 27.7 Å². The third-order valence-electron chi connectivity index (χ3n) is 6.36. The minimum Gasteiger partial charge on any atom is -0.460 e. The van der Waals surface area contributed by atoms with Crippen molar-refractivity contribution in [3.63, 3.8) is 0 Å². The van der Waals surface area contributed by atoms with Gasteiger partial charge in [0.2, 0.25) is 0 Å². The fourth-order valence-electron chi connectivity index (χ4n) is 3.52. The summed E-state index contributed by atoms with van der Waals surface area (Å²) >= 11 is 0. The van der Waals surface area contributed by atoms with E-state index in [0.717, 1.165) is 0 Å². The first kappa shape index (κ1) is 48.4. The van der Waals surface area contributed by atoms with E-state index in [1.54, 1.807) is 0 Å². The van der Waals surface area contributed by atoms with Crippen molar-refractivity contribution in [1.82, 2.24) is 0 Å². The van der Waals surface area contributed by atoms with Crippen molar-refractivity contribution in [3.8, 4) is 0 Å². The smallest absolute Gasteiger partial charge is 0.333 e. The van der Waals surface area contributed by atoms with E-state index in [2.05, 4.69) is 26.3 Å². The number of esters is 4. The van der Waals surface area contributed by atoms with Crippen LogP contribution in [0.15, 0.2) is 48.6 Å². The van der Waals surface area contributed by atoms with E-state index in [1.165, 1.54) is 27.7 Å². The lowest BCUT2D eigenvalue weighted by Gasteiger charge is -2.35. The number of ether oxygens (including phenoxy) is 8. The number of aliphatic hydroxyl groups excluding tert-OH is 6. The predicted molar refractivity (Wildman–Crippen MR) is 180 cm³/mol. The Morgan fingerprint density at radius 3 is 1.10 bits per heavy atom. The molecule has 18 nitrogen and oxygen atoms in total. The molecule has 0 aliphatic carbocycles. The summed E-state index contributed by atoms with van der Waals surface area (Å²) in [6.45, 7) is 13.8. The number of carbonyl (C=O) groups excluding carboxylic acids is 4. The van der Waals surface area contributed by atoms with Gasteiger partial charge in [-0.2, -0.15) is 0 Å². The van der Waals surface area contributed by atoms with Gasteiger partial charge < -0.3 is 68.5 Å². The lowest BCUT2D eigenvalue weighted by atomic mass is 10.0. The van der Waals surface area contributed by atoms with Crippen LogP contribution in [0.25, 0.3) is 0 Å². The van der Waals surface area contributed by atoms with Crippen LogP contribution in [0.1, 0.15) is 27.7 Å². The first-order valence-corrected chi connectivity index (χ1v) is 16.0. The van der Waals surface area contributed by atoms with Crippen molar-refractivity contribution in [2.24, 2.45) is 0 Å². The van der Waals surface area contributed by atoms with Crippen molar-refractivity contribution in [1.29, 1.82) is 0 Å². The molecular formula is C34H54O18. The molecule has 52 heavy (non-hydrogen) atoms. The minimum absolute atomic E-state index is 0.0654. The topological polar surface area (TPSA) is 263 Å². The van der Waals surface area contributed by atoms with Gasteiger partial charge in [-0.1, -0.05) is 26.3 Å². The molecule has 0 spiro atoms. The highest BCUT2D eigenvalue weighted by atomic mass is 16.6. The molecule has 0 heterocycles. The highest BCUT2D eigenvalue weighted by molar-refractivity contribution is 5.88. The van der Waals surface area contributed by atoms with Crippen LogP contribution in [0.4, 0.5) is 0 Å². The molecule has 18 heteroatoms. The van der Waals surface area contributed by atoms with Crippen LogP contribution < -0.4 is 0 Å². The minimum atomic E-state index is -1.84. The van der Waals surface area contributed by atoms with E-state index < -0.39 is 139 Å². The Balaban J connectivity index is 6.13. The van der Waals surface area contributed by atoms with Gasteiger partial charge in [0.05, 0.1) is 39.6 Å². The lowest BCUT2D eigenvalue weighted by molar-refractivity contribution is -0.198. The van der Waals surface area contributed by atoms with Crippen LogP contribution in [-0.2, 0) is 57.1 Å². The van der Waals surface area contributed by atoms with Crippen LogP contribution in [0.2, 0.25) is 0 Å². The zero-order valence-electron chi connectivity index (χ0n) is 30.1. The molecule has 0 aromatic heterocycles. The Bertz CT molecular complexity index is 1180. The molecule has 8 unspecified atom stereocenters. The van der Waals surface area contributed by atoms with Crippen molar-refractivity contribution in [3.05, 3.63) is 48.6 Å². The van der Waals surface area contributed by atoms with Gasteiger partial charge in [-0.25, -0.2) is 19.2 Å². The Morgan fingerprint density at radius 1 is 0.462 bits per heavy atom. The first-order valence-electron chi connectivity index (χ1n) is 16.0. The maximum Gasteiger partial charge on any atom is 0.333 e. The lowest BCUT2D eigenvalue weighted by Crippen LogP contribution is -2.52. The number of rotatable bonds is 29. The fourth-order valence-corrected chi connectivity index (χ4v) is 3.52. The van der Waals surface area contributed by atoms with E-state index in [1.807, 2.05) is 0 Å². The summed E-state index contributed by atoms with van der Waals surface area (Å²) in [7, 11) is 0. The summed E-state index contributed by atoms with van der Waals surface area (Å²) in [6.07, 6.45) is -12.0. The van der Waals surface area contributed by atoms with Gasteiger partial charge in [-0.3, -0.25) is 0 Å².